The maximum absolute atomic E-state index is 12.2. The van der Waals surface area contributed by atoms with Crippen molar-refractivity contribution in [2.45, 2.75) is 9.79 Å². The third-order valence-electron chi connectivity index (χ3n) is 3.58. The first kappa shape index (κ1) is 18.9. The van der Waals surface area contributed by atoms with Gasteiger partial charge in [0.15, 0.2) is 0 Å². The highest BCUT2D eigenvalue weighted by molar-refractivity contribution is 7.86. The maximum Gasteiger partial charge on any atom is 0.295 e. The van der Waals surface area contributed by atoms with Gasteiger partial charge in [0.25, 0.3) is 10.1 Å². The molecule has 0 aliphatic carbocycles. The highest BCUT2D eigenvalue weighted by Crippen LogP contribution is 2.39. The van der Waals surface area contributed by atoms with Gasteiger partial charge in [0.1, 0.15) is 15.0 Å². The van der Waals surface area contributed by atoms with E-state index in [9.17, 15) is 31.0 Å². The molecule has 27 heavy (non-hydrogen) atoms. The fourth-order valence-electron chi connectivity index (χ4n) is 2.41. The zero-order chi connectivity index (χ0) is 19.8. The fraction of sp³-hybridized carbons (Fsp3) is 0. The van der Waals surface area contributed by atoms with Gasteiger partial charge in [-0.25, -0.2) is 8.42 Å². The Balaban J connectivity index is 2.38. The van der Waals surface area contributed by atoms with Crippen LogP contribution in [0.25, 0.3) is 10.8 Å². The molecule has 1 N–H and O–H groups in total. The fourth-order valence-corrected chi connectivity index (χ4v) is 3.77. The molecule has 0 saturated heterocycles. The number of benzene rings is 3. The zero-order valence-corrected chi connectivity index (χ0v) is 14.9. The van der Waals surface area contributed by atoms with E-state index in [1.807, 2.05) is 0 Å². The van der Waals surface area contributed by atoms with Crippen LogP contribution in [0.15, 0.2) is 74.6 Å². The molecule has 3 aromatic rings. The molecular formula is C16H10N2O7S2-2. The minimum atomic E-state index is -5.01. The minimum Gasteiger partial charge on any atom is -0.871 e. The summed E-state index contributed by atoms with van der Waals surface area (Å²) in [7, 11) is -9.99. The molecule has 0 heterocycles. The van der Waals surface area contributed by atoms with E-state index >= 15 is 0 Å². The Kier molecular flexibility index (Phi) is 4.70. The second kappa shape index (κ2) is 6.70. The highest BCUT2D eigenvalue weighted by Gasteiger charge is 2.20. The molecule has 0 aliphatic rings. The second-order valence-corrected chi connectivity index (χ2v) is 8.17. The van der Waals surface area contributed by atoms with Crippen molar-refractivity contribution < 1.29 is 31.0 Å². The molecule has 0 bridgehead atoms. The van der Waals surface area contributed by atoms with Gasteiger partial charge in [-0.1, -0.05) is 36.1 Å². The number of fused-ring (bicyclic) bond motifs is 1. The summed E-state index contributed by atoms with van der Waals surface area (Å²) in [6, 6.07) is 11.8. The number of azo groups is 1. The van der Waals surface area contributed by atoms with Crippen LogP contribution in [0.1, 0.15) is 0 Å². The molecule has 0 atom stereocenters. The van der Waals surface area contributed by atoms with Crippen molar-refractivity contribution in [1.29, 1.82) is 0 Å². The molecule has 0 spiro atoms. The van der Waals surface area contributed by atoms with Crippen LogP contribution in [-0.2, 0) is 20.2 Å². The predicted octanol–water partition coefficient (Wildman–Crippen LogP) is 2.48. The van der Waals surface area contributed by atoms with Crippen LogP contribution in [0.5, 0.6) is 5.75 Å². The van der Waals surface area contributed by atoms with Gasteiger partial charge in [0.2, 0.25) is 0 Å². The highest BCUT2D eigenvalue weighted by atomic mass is 32.2. The van der Waals surface area contributed by atoms with Crippen LogP contribution in [0.3, 0.4) is 0 Å². The molecule has 0 radical (unpaired) electrons. The van der Waals surface area contributed by atoms with Gasteiger partial charge in [0, 0.05) is 5.39 Å². The Labute approximate surface area is 154 Å². The Bertz CT molecular complexity index is 1270. The smallest absolute Gasteiger partial charge is 0.295 e. The predicted molar refractivity (Wildman–Crippen MR) is 91.8 cm³/mol. The van der Waals surface area contributed by atoms with Crippen LogP contribution in [0.4, 0.5) is 11.4 Å². The van der Waals surface area contributed by atoms with Crippen molar-refractivity contribution in [3.8, 4) is 5.75 Å². The van der Waals surface area contributed by atoms with Gasteiger partial charge < -0.3 is 9.66 Å². The summed E-state index contributed by atoms with van der Waals surface area (Å²) in [6.45, 7) is 0. The minimum absolute atomic E-state index is 0.0823. The molecule has 3 rings (SSSR count). The number of rotatable bonds is 4. The van der Waals surface area contributed by atoms with E-state index in [2.05, 4.69) is 10.2 Å². The number of hydrogen-bond acceptors (Lipinski definition) is 8. The van der Waals surface area contributed by atoms with Gasteiger partial charge in [-0.15, -0.1) is 0 Å². The van der Waals surface area contributed by atoms with Gasteiger partial charge >= 0.3 is 0 Å². The lowest BCUT2D eigenvalue weighted by molar-refractivity contribution is -0.267. The van der Waals surface area contributed by atoms with Gasteiger partial charge in [-0.2, -0.15) is 18.6 Å². The molecule has 0 amide bonds. The van der Waals surface area contributed by atoms with Crippen LogP contribution in [0, 0.1) is 0 Å². The SMILES string of the molecule is O=S(=O)([O-])c1cc(S(=O)(=O)O)c2c(N=Nc3ccccc3)c([O-])ccc2c1. The van der Waals surface area contributed by atoms with Crippen LogP contribution < -0.4 is 5.11 Å². The third kappa shape index (κ3) is 3.95. The summed E-state index contributed by atoms with van der Waals surface area (Å²) in [4.78, 5) is -1.79. The van der Waals surface area contributed by atoms with Crippen molar-refractivity contribution in [2.24, 2.45) is 10.2 Å². The van der Waals surface area contributed by atoms with Crippen molar-refractivity contribution >= 4 is 42.4 Å². The van der Waals surface area contributed by atoms with E-state index in [0.717, 1.165) is 18.2 Å². The summed E-state index contributed by atoms with van der Waals surface area (Å²) in [5.74, 6) is -0.704. The monoisotopic (exact) mass is 406 g/mol. The summed E-state index contributed by atoms with van der Waals surface area (Å²) in [5, 5.41) is 19.4. The zero-order valence-electron chi connectivity index (χ0n) is 13.3. The molecule has 0 aromatic heterocycles. The average molecular weight is 406 g/mol. The first-order chi connectivity index (χ1) is 12.6. The van der Waals surface area contributed by atoms with Crippen molar-refractivity contribution in [3.63, 3.8) is 0 Å². The molecule has 0 aliphatic heterocycles. The van der Waals surface area contributed by atoms with E-state index in [1.165, 1.54) is 0 Å². The van der Waals surface area contributed by atoms with Crippen molar-refractivity contribution in [1.82, 2.24) is 0 Å². The lowest BCUT2D eigenvalue weighted by Gasteiger charge is -2.16. The van der Waals surface area contributed by atoms with Gasteiger partial charge in [-0.3, -0.25) is 4.55 Å². The van der Waals surface area contributed by atoms with Gasteiger partial charge in [-0.05, 0) is 29.7 Å². The quantitative estimate of drug-likeness (QED) is 0.514. The van der Waals surface area contributed by atoms with E-state index in [1.54, 1.807) is 30.3 Å². The summed E-state index contributed by atoms with van der Waals surface area (Å²) < 4.78 is 66.8. The van der Waals surface area contributed by atoms with Crippen LogP contribution in [0.2, 0.25) is 0 Å². The normalized spacial score (nSPS) is 12.7. The van der Waals surface area contributed by atoms with Crippen molar-refractivity contribution in [2.75, 3.05) is 0 Å². The van der Waals surface area contributed by atoms with E-state index < -0.39 is 41.5 Å². The Morgan fingerprint density at radius 2 is 1.56 bits per heavy atom. The Hall–Kier alpha value is -2.86. The average Bonchev–Trinajstić information content (AvgIpc) is 2.59. The topological polar surface area (TPSA) is 159 Å². The maximum atomic E-state index is 12.2. The molecule has 140 valence electrons. The summed E-state index contributed by atoms with van der Waals surface area (Å²) in [5.41, 5.74) is -0.0418. The van der Waals surface area contributed by atoms with E-state index in [0.29, 0.717) is 11.8 Å². The first-order valence-electron chi connectivity index (χ1n) is 7.25. The molecule has 3 aromatic carbocycles. The lowest BCUT2D eigenvalue weighted by atomic mass is 10.1. The standard InChI is InChI=1S/C16H12N2O7S2/c19-13-7-6-10-8-12(26(20,21)22)9-14(27(23,24)25)15(10)16(13)18-17-11-4-2-1-3-5-11/h1-9,19H,(H,20,21,22)(H,23,24,25)/p-2. The Morgan fingerprint density at radius 1 is 0.889 bits per heavy atom. The van der Waals surface area contributed by atoms with E-state index in [-0.39, 0.29) is 10.8 Å². The van der Waals surface area contributed by atoms with Crippen LogP contribution >= 0.6 is 0 Å². The molecule has 0 unspecified atom stereocenters. The van der Waals surface area contributed by atoms with Crippen molar-refractivity contribution in [3.05, 3.63) is 54.6 Å². The lowest BCUT2D eigenvalue weighted by Crippen LogP contribution is -2.05. The first-order valence-corrected chi connectivity index (χ1v) is 10.1. The molecular weight excluding hydrogens is 396 g/mol. The molecule has 9 nitrogen and oxygen atoms in total. The van der Waals surface area contributed by atoms with E-state index in [4.69, 9.17) is 0 Å². The van der Waals surface area contributed by atoms with Crippen LogP contribution in [-0.4, -0.2) is 25.9 Å². The molecule has 0 fully saturated rings. The molecule has 0 saturated carbocycles. The summed E-state index contributed by atoms with van der Waals surface area (Å²) in [6.07, 6.45) is 0. The van der Waals surface area contributed by atoms with Gasteiger partial charge in [0.05, 0.1) is 16.3 Å². The number of nitrogens with zero attached hydrogens (tertiary/aromatic N) is 2. The number of hydrogen-bond donors (Lipinski definition) is 1. The summed E-state index contributed by atoms with van der Waals surface area (Å²) >= 11 is 0. The largest absolute Gasteiger partial charge is 0.871 e. The second-order valence-electron chi connectivity index (χ2n) is 5.40. The Morgan fingerprint density at radius 3 is 2.15 bits per heavy atom. The third-order valence-corrected chi connectivity index (χ3v) is 5.27. The molecule has 11 heteroatoms.